The molecule has 0 aliphatic carbocycles. The van der Waals surface area contributed by atoms with Crippen molar-refractivity contribution in [1.29, 1.82) is 0 Å². The fourth-order valence-electron chi connectivity index (χ4n) is 3.18. The van der Waals surface area contributed by atoms with Crippen LogP contribution in [0.4, 0.5) is 4.39 Å². The van der Waals surface area contributed by atoms with Gasteiger partial charge in [-0.1, -0.05) is 36.2 Å². The fourth-order valence-corrected chi connectivity index (χ4v) is 3.56. The number of benzene rings is 1. The second kappa shape index (κ2) is 7.53. The minimum absolute atomic E-state index is 0.0836. The SMILES string of the molecule is CCCC(C)[C@@H](c1cc(Br)ccc1F)N1CCNCC1. The molecule has 4 heteroatoms. The van der Waals surface area contributed by atoms with Gasteiger partial charge in [-0.25, -0.2) is 4.39 Å². The maximum absolute atomic E-state index is 14.3. The second-order valence-electron chi connectivity index (χ2n) is 5.66. The molecule has 0 amide bonds. The summed E-state index contributed by atoms with van der Waals surface area (Å²) in [4.78, 5) is 2.43. The van der Waals surface area contributed by atoms with Gasteiger partial charge in [0, 0.05) is 42.3 Å². The molecule has 1 heterocycles. The zero-order chi connectivity index (χ0) is 14.5. The van der Waals surface area contributed by atoms with E-state index in [4.69, 9.17) is 0 Å². The number of piperazine rings is 1. The van der Waals surface area contributed by atoms with Crippen molar-refractivity contribution < 1.29 is 4.39 Å². The monoisotopic (exact) mass is 342 g/mol. The van der Waals surface area contributed by atoms with Crippen molar-refractivity contribution in [1.82, 2.24) is 10.2 Å². The van der Waals surface area contributed by atoms with E-state index in [2.05, 4.69) is 40.0 Å². The molecule has 1 aromatic rings. The number of hydrogen-bond acceptors (Lipinski definition) is 2. The molecule has 1 fully saturated rings. The number of rotatable bonds is 5. The summed E-state index contributed by atoms with van der Waals surface area (Å²) in [6.07, 6.45) is 2.26. The Hall–Kier alpha value is -0.450. The van der Waals surface area contributed by atoms with Crippen molar-refractivity contribution in [2.45, 2.75) is 32.7 Å². The van der Waals surface area contributed by atoms with Gasteiger partial charge in [-0.3, -0.25) is 4.90 Å². The largest absolute Gasteiger partial charge is 0.314 e. The average Bonchev–Trinajstić information content (AvgIpc) is 2.44. The molecule has 0 spiro atoms. The van der Waals surface area contributed by atoms with E-state index >= 15 is 0 Å². The van der Waals surface area contributed by atoms with Crippen molar-refractivity contribution in [2.24, 2.45) is 5.92 Å². The molecule has 1 aromatic carbocycles. The van der Waals surface area contributed by atoms with E-state index in [0.29, 0.717) is 5.92 Å². The summed E-state index contributed by atoms with van der Waals surface area (Å²) in [7, 11) is 0. The first-order chi connectivity index (χ1) is 9.63. The Morgan fingerprint density at radius 3 is 2.70 bits per heavy atom. The Labute approximate surface area is 129 Å². The summed E-state index contributed by atoms with van der Waals surface area (Å²) in [6, 6.07) is 5.48. The number of nitrogens with zero attached hydrogens (tertiary/aromatic N) is 1. The summed E-state index contributed by atoms with van der Waals surface area (Å²) < 4.78 is 15.3. The predicted octanol–water partition coefficient (Wildman–Crippen LogP) is 3.97. The Morgan fingerprint density at radius 2 is 2.05 bits per heavy atom. The van der Waals surface area contributed by atoms with Crippen LogP contribution in [0.15, 0.2) is 22.7 Å². The highest BCUT2D eigenvalue weighted by Crippen LogP contribution is 2.34. The van der Waals surface area contributed by atoms with E-state index in [9.17, 15) is 4.39 Å². The van der Waals surface area contributed by atoms with E-state index < -0.39 is 0 Å². The highest BCUT2D eigenvalue weighted by molar-refractivity contribution is 9.10. The summed E-state index contributed by atoms with van der Waals surface area (Å²) >= 11 is 3.48. The molecule has 1 unspecified atom stereocenters. The number of halogens is 2. The van der Waals surface area contributed by atoms with E-state index in [1.165, 1.54) is 0 Å². The van der Waals surface area contributed by atoms with Crippen molar-refractivity contribution >= 4 is 15.9 Å². The third-order valence-electron chi connectivity index (χ3n) is 4.10. The Kier molecular flexibility index (Phi) is 6.00. The van der Waals surface area contributed by atoms with Crippen LogP contribution in [-0.2, 0) is 0 Å². The molecule has 0 bridgehead atoms. The van der Waals surface area contributed by atoms with Gasteiger partial charge in [0.2, 0.25) is 0 Å². The molecule has 1 aliphatic rings. The molecule has 0 radical (unpaired) electrons. The lowest BCUT2D eigenvalue weighted by atomic mass is 9.89. The molecule has 20 heavy (non-hydrogen) atoms. The van der Waals surface area contributed by atoms with Gasteiger partial charge in [-0.05, 0) is 30.5 Å². The third kappa shape index (κ3) is 3.80. The Bertz CT molecular complexity index is 432. The average molecular weight is 343 g/mol. The Morgan fingerprint density at radius 1 is 1.35 bits per heavy atom. The molecule has 112 valence electrons. The van der Waals surface area contributed by atoms with Crippen LogP contribution < -0.4 is 5.32 Å². The van der Waals surface area contributed by atoms with Crippen molar-refractivity contribution in [2.75, 3.05) is 26.2 Å². The van der Waals surface area contributed by atoms with Crippen LogP contribution in [0.3, 0.4) is 0 Å². The van der Waals surface area contributed by atoms with Crippen LogP contribution in [0.5, 0.6) is 0 Å². The first-order valence-corrected chi connectivity index (χ1v) is 8.32. The maximum atomic E-state index is 14.3. The lowest BCUT2D eigenvalue weighted by molar-refractivity contribution is 0.123. The zero-order valence-electron chi connectivity index (χ0n) is 12.3. The molecular formula is C16H24BrFN2. The summed E-state index contributed by atoms with van der Waals surface area (Å²) in [5.74, 6) is 0.376. The first-order valence-electron chi connectivity index (χ1n) is 7.53. The predicted molar refractivity (Wildman–Crippen MR) is 85.4 cm³/mol. The van der Waals surface area contributed by atoms with Gasteiger partial charge >= 0.3 is 0 Å². The van der Waals surface area contributed by atoms with Gasteiger partial charge < -0.3 is 5.32 Å². The van der Waals surface area contributed by atoms with Gasteiger partial charge in [0.05, 0.1) is 0 Å². The molecule has 2 atom stereocenters. The van der Waals surface area contributed by atoms with Gasteiger partial charge in [0.25, 0.3) is 0 Å². The lowest BCUT2D eigenvalue weighted by Crippen LogP contribution is -2.46. The Balaban J connectivity index is 2.31. The topological polar surface area (TPSA) is 15.3 Å². The summed E-state index contributed by atoms with van der Waals surface area (Å²) in [6.45, 7) is 8.41. The molecule has 0 saturated carbocycles. The van der Waals surface area contributed by atoms with Gasteiger partial charge in [-0.2, -0.15) is 0 Å². The standard InChI is InChI=1S/C16H24BrFN2/c1-3-4-12(2)16(20-9-7-19-8-10-20)14-11-13(17)5-6-15(14)18/h5-6,11-12,16,19H,3-4,7-10H2,1-2H3/t12?,16-/m0/s1. The van der Waals surface area contributed by atoms with E-state index in [0.717, 1.165) is 49.1 Å². The second-order valence-corrected chi connectivity index (χ2v) is 6.58. The highest BCUT2D eigenvalue weighted by atomic mass is 79.9. The molecule has 2 rings (SSSR count). The highest BCUT2D eigenvalue weighted by Gasteiger charge is 2.29. The van der Waals surface area contributed by atoms with Crippen LogP contribution in [0.25, 0.3) is 0 Å². The van der Waals surface area contributed by atoms with Crippen LogP contribution in [0, 0.1) is 11.7 Å². The fraction of sp³-hybridized carbons (Fsp3) is 0.625. The molecule has 1 saturated heterocycles. The summed E-state index contributed by atoms with van der Waals surface area (Å²) in [5.41, 5.74) is 0.835. The normalized spacial score (nSPS) is 19.8. The minimum atomic E-state index is -0.0836. The molecule has 1 aliphatic heterocycles. The minimum Gasteiger partial charge on any atom is -0.314 e. The number of nitrogens with one attached hydrogen (secondary N) is 1. The van der Waals surface area contributed by atoms with Gasteiger partial charge in [0.1, 0.15) is 5.82 Å². The maximum Gasteiger partial charge on any atom is 0.128 e. The quantitative estimate of drug-likeness (QED) is 0.870. The summed E-state index contributed by atoms with van der Waals surface area (Å²) in [5, 5.41) is 3.37. The zero-order valence-corrected chi connectivity index (χ0v) is 13.9. The van der Waals surface area contributed by atoms with Crippen LogP contribution in [0.1, 0.15) is 38.3 Å². The number of hydrogen-bond donors (Lipinski definition) is 1. The third-order valence-corrected chi connectivity index (χ3v) is 4.60. The van der Waals surface area contributed by atoms with E-state index in [-0.39, 0.29) is 11.9 Å². The smallest absolute Gasteiger partial charge is 0.128 e. The van der Waals surface area contributed by atoms with Crippen LogP contribution in [-0.4, -0.2) is 31.1 Å². The van der Waals surface area contributed by atoms with E-state index in [1.54, 1.807) is 12.1 Å². The van der Waals surface area contributed by atoms with Crippen molar-refractivity contribution in [3.05, 3.63) is 34.1 Å². The molecule has 0 aromatic heterocycles. The van der Waals surface area contributed by atoms with Crippen LogP contribution >= 0.6 is 15.9 Å². The van der Waals surface area contributed by atoms with Crippen LogP contribution in [0.2, 0.25) is 0 Å². The van der Waals surface area contributed by atoms with Gasteiger partial charge in [0.15, 0.2) is 0 Å². The lowest BCUT2D eigenvalue weighted by Gasteiger charge is -2.39. The first kappa shape index (κ1) is 15.9. The molecular weight excluding hydrogens is 319 g/mol. The molecule has 2 nitrogen and oxygen atoms in total. The van der Waals surface area contributed by atoms with Gasteiger partial charge in [-0.15, -0.1) is 0 Å². The van der Waals surface area contributed by atoms with E-state index in [1.807, 2.05) is 6.07 Å². The van der Waals surface area contributed by atoms with Crippen molar-refractivity contribution in [3.63, 3.8) is 0 Å². The van der Waals surface area contributed by atoms with Crippen molar-refractivity contribution in [3.8, 4) is 0 Å². The molecule has 1 N–H and O–H groups in total.